The molecule has 0 radical (unpaired) electrons. The number of hydrogen-bond acceptors (Lipinski definition) is 2. The highest BCUT2D eigenvalue weighted by Crippen LogP contribution is 2.32. The number of hydrogen-bond donors (Lipinski definition) is 1. The lowest BCUT2D eigenvalue weighted by molar-refractivity contribution is 0.214. The fourth-order valence-corrected chi connectivity index (χ4v) is 3.19. The second kappa shape index (κ2) is 6.21. The van der Waals surface area contributed by atoms with Crippen LogP contribution < -0.4 is 0 Å². The molecule has 0 amide bonds. The number of aliphatic hydroxyl groups excluding tert-OH is 1. The third-order valence-electron chi connectivity index (χ3n) is 4.23. The standard InChI is InChI=1S/C18H21NO/c20-14-17-12-19(11-15-7-3-1-4-8-15)13-18(17)16-9-5-2-6-10-16/h1-10,17-18,20H,11-14H2/t17-,18+/m0/s1. The maximum atomic E-state index is 9.65. The molecule has 0 aromatic heterocycles. The lowest BCUT2D eigenvalue weighted by Gasteiger charge is -2.16. The molecule has 1 aliphatic rings. The van der Waals surface area contributed by atoms with Gasteiger partial charge in [-0.25, -0.2) is 0 Å². The Morgan fingerprint density at radius 2 is 1.55 bits per heavy atom. The fourth-order valence-electron chi connectivity index (χ4n) is 3.19. The maximum absolute atomic E-state index is 9.65. The maximum Gasteiger partial charge on any atom is 0.0477 e. The molecule has 1 aliphatic heterocycles. The molecule has 1 heterocycles. The Labute approximate surface area is 120 Å². The Hall–Kier alpha value is -1.64. The minimum atomic E-state index is 0.269. The largest absolute Gasteiger partial charge is 0.396 e. The van der Waals surface area contributed by atoms with E-state index in [9.17, 15) is 5.11 Å². The van der Waals surface area contributed by atoms with Crippen LogP contribution in [0, 0.1) is 5.92 Å². The fraction of sp³-hybridized carbons (Fsp3) is 0.333. The molecular formula is C18H21NO. The van der Waals surface area contributed by atoms with E-state index in [0.29, 0.717) is 11.8 Å². The topological polar surface area (TPSA) is 23.5 Å². The Morgan fingerprint density at radius 3 is 2.20 bits per heavy atom. The summed E-state index contributed by atoms with van der Waals surface area (Å²) in [5.74, 6) is 0.797. The van der Waals surface area contributed by atoms with Gasteiger partial charge in [0.1, 0.15) is 0 Å². The van der Waals surface area contributed by atoms with Crippen molar-refractivity contribution in [2.24, 2.45) is 5.92 Å². The molecule has 1 N–H and O–H groups in total. The summed E-state index contributed by atoms with van der Waals surface area (Å²) in [6.45, 7) is 3.25. The zero-order chi connectivity index (χ0) is 13.8. The summed E-state index contributed by atoms with van der Waals surface area (Å²) in [5, 5.41) is 9.65. The van der Waals surface area contributed by atoms with Gasteiger partial charge in [-0.05, 0) is 11.1 Å². The average molecular weight is 267 g/mol. The van der Waals surface area contributed by atoms with E-state index in [0.717, 1.165) is 19.6 Å². The summed E-state index contributed by atoms with van der Waals surface area (Å²) in [7, 11) is 0. The Kier molecular flexibility index (Phi) is 4.14. The summed E-state index contributed by atoms with van der Waals surface area (Å²) >= 11 is 0. The van der Waals surface area contributed by atoms with Crippen molar-refractivity contribution in [2.75, 3.05) is 19.7 Å². The molecule has 1 saturated heterocycles. The van der Waals surface area contributed by atoms with E-state index < -0.39 is 0 Å². The van der Waals surface area contributed by atoms with Gasteiger partial charge in [-0.2, -0.15) is 0 Å². The number of aliphatic hydroxyl groups is 1. The van der Waals surface area contributed by atoms with E-state index in [-0.39, 0.29) is 6.61 Å². The first kappa shape index (κ1) is 13.3. The van der Waals surface area contributed by atoms with E-state index >= 15 is 0 Å². The van der Waals surface area contributed by atoms with Crippen molar-refractivity contribution >= 4 is 0 Å². The molecule has 3 rings (SSSR count). The van der Waals surface area contributed by atoms with Crippen molar-refractivity contribution in [3.63, 3.8) is 0 Å². The summed E-state index contributed by atoms with van der Waals surface area (Å²) < 4.78 is 0. The van der Waals surface area contributed by atoms with Crippen LogP contribution in [0.2, 0.25) is 0 Å². The minimum Gasteiger partial charge on any atom is -0.396 e. The number of likely N-dealkylation sites (tertiary alicyclic amines) is 1. The Bertz CT molecular complexity index is 526. The predicted octanol–water partition coefficient (Wildman–Crippen LogP) is 2.89. The zero-order valence-electron chi connectivity index (χ0n) is 11.7. The highest BCUT2D eigenvalue weighted by molar-refractivity contribution is 5.23. The van der Waals surface area contributed by atoms with Gasteiger partial charge in [0.25, 0.3) is 0 Å². The molecule has 0 saturated carbocycles. The van der Waals surface area contributed by atoms with Crippen molar-refractivity contribution < 1.29 is 5.11 Å². The number of rotatable bonds is 4. The van der Waals surface area contributed by atoms with Crippen LogP contribution in [0.5, 0.6) is 0 Å². The zero-order valence-corrected chi connectivity index (χ0v) is 11.7. The predicted molar refractivity (Wildman–Crippen MR) is 81.5 cm³/mol. The van der Waals surface area contributed by atoms with Crippen LogP contribution in [0.15, 0.2) is 60.7 Å². The molecule has 2 atom stereocenters. The van der Waals surface area contributed by atoms with E-state index in [1.165, 1.54) is 11.1 Å². The second-order valence-corrected chi connectivity index (χ2v) is 5.64. The molecule has 0 unspecified atom stereocenters. The van der Waals surface area contributed by atoms with Gasteiger partial charge < -0.3 is 5.11 Å². The molecule has 0 aliphatic carbocycles. The number of benzene rings is 2. The average Bonchev–Trinajstić information content (AvgIpc) is 2.92. The highest BCUT2D eigenvalue weighted by Gasteiger charge is 2.32. The van der Waals surface area contributed by atoms with Crippen molar-refractivity contribution in [2.45, 2.75) is 12.5 Å². The summed E-state index contributed by atoms with van der Waals surface area (Å²) in [6.07, 6.45) is 0. The van der Waals surface area contributed by atoms with E-state index in [4.69, 9.17) is 0 Å². The molecule has 0 spiro atoms. The monoisotopic (exact) mass is 267 g/mol. The first-order valence-corrected chi connectivity index (χ1v) is 7.29. The van der Waals surface area contributed by atoms with E-state index in [1.807, 2.05) is 6.07 Å². The molecule has 2 aromatic carbocycles. The van der Waals surface area contributed by atoms with Gasteiger partial charge in [0.15, 0.2) is 0 Å². The third kappa shape index (κ3) is 2.92. The van der Waals surface area contributed by atoms with Gasteiger partial charge >= 0.3 is 0 Å². The third-order valence-corrected chi connectivity index (χ3v) is 4.23. The quantitative estimate of drug-likeness (QED) is 0.920. The lowest BCUT2D eigenvalue weighted by Crippen LogP contribution is -2.20. The van der Waals surface area contributed by atoms with E-state index in [2.05, 4.69) is 59.5 Å². The molecule has 20 heavy (non-hydrogen) atoms. The van der Waals surface area contributed by atoms with Crippen molar-refractivity contribution in [3.05, 3.63) is 71.8 Å². The van der Waals surface area contributed by atoms with Crippen LogP contribution in [0.1, 0.15) is 17.0 Å². The van der Waals surface area contributed by atoms with Crippen LogP contribution in [-0.4, -0.2) is 29.7 Å². The smallest absolute Gasteiger partial charge is 0.0477 e. The Balaban J connectivity index is 1.71. The minimum absolute atomic E-state index is 0.269. The van der Waals surface area contributed by atoms with Crippen molar-refractivity contribution in [1.29, 1.82) is 0 Å². The van der Waals surface area contributed by atoms with Gasteiger partial charge in [-0.1, -0.05) is 60.7 Å². The van der Waals surface area contributed by atoms with Crippen LogP contribution >= 0.6 is 0 Å². The van der Waals surface area contributed by atoms with Crippen molar-refractivity contribution in [3.8, 4) is 0 Å². The molecule has 104 valence electrons. The molecule has 2 nitrogen and oxygen atoms in total. The van der Waals surface area contributed by atoms with Crippen LogP contribution in [-0.2, 0) is 6.54 Å². The summed E-state index contributed by atoms with van der Waals surface area (Å²) in [5.41, 5.74) is 2.69. The normalized spacial score (nSPS) is 23.1. The van der Waals surface area contributed by atoms with Crippen LogP contribution in [0.3, 0.4) is 0 Å². The summed E-state index contributed by atoms with van der Waals surface area (Å²) in [6, 6.07) is 21.2. The highest BCUT2D eigenvalue weighted by atomic mass is 16.3. The van der Waals surface area contributed by atoms with E-state index in [1.54, 1.807) is 0 Å². The summed E-state index contributed by atoms with van der Waals surface area (Å²) in [4.78, 5) is 2.45. The van der Waals surface area contributed by atoms with Gasteiger partial charge in [0, 0.05) is 38.1 Å². The second-order valence-electron chi connectivity index (χ2n) is 5.64. The molecule has 2 heteroatoms. The van der Waals surface area contributed by atoms with Gasteiger partial charge in [0.05, 0.1) is 0 Å². The molecule has 2 aromatic rings. The molecule has 1 fully saturated rings. The van der Waals surface area contributed by atoms with Gasteiger partial charge in [-0.15, -0.1) is 0 Å². The van der Waals surface area contributed by atoms with Gasteiger partial charge in [0.2, 0.25) is 0 Å². The Morgan fingerprint density at radius 1 is 0.900 bits per heavy atom. The van der Waals surface area contributed by atoms with Crippen molar-refractivity contribution in [1.82, 2.24) is 4.90 Å². The first-order chi connectivity index (χ1) is 9.86. The number of nitrogens with zero attached hydrogens (tertiary/aromatic N) is 1. The SMILES string of the molecule is OC[C@@H]1CN(Cc2ccccc2)C[C@@H]1c1ccccc1. The lowest BCUT2D eigenvalue weighted by atomic mass is 9.90. The van der Waals surface area contributed by atoms with Crippen LogP contribution in [0.25, 0.3) is 0 Å². The molecule has 0 bridgehead atoms. The van der Waals surface area contributed by atoms with Gasteiger partial charge in [-0.3, -0.25) is 4.90 Å². The first-order valence-electron chi connectivity index (χ1n) is 7.29. The molecular weight excluding hydrogens is 246 g/mol. The van der Waals surface area contributed by atoms with Crippen LogP contribution in [0.4, 0.5) is 0 Å².